The van der Waals surface area contributed by atoms with E-state index in [1.165, 1.54) is 0 Å². The van der Waals surface area contributed by atoms with Crippen molar-refractivity contribution in [3.05, 3.63) is 42.1 Å². The van der Waals surface area contributed by atoms with Crippen LogP contribution in [0.3, 0.4) is 0 Å². The first-order valence-electron chi connectivity index (χ1n) is 6.78. The largest absolute Gasteiger partial charge is 0.468 e. The average molecular weight is 274 g/mol. The molecule has 1 N–H and O–H groups in total. The van der Waals surface area contributed by atoms with E-state index in [1.54, 1.807) is 6.26 Å². The summed E-state index contributed by atoms with van der Waals surface area (Å²) in [6.45, 7) is 4.64. The monoisotopic (exact) mass is 274 g/mol. The van der Waals surface area contributed by atoms with Crippen molar-refractivity contribution in [2.45, 2.75) is 13.1 Å². The van der Waals surface area contributed by atoms with Gasteiger partial charge in [0.1, 0.15) is 5.76 Å². The Balaban J connectivity index is 1.50. The van der Waals surface area contributed by atoms with Crippen LogP contribution in [0.15, 0.2) is 35.2 Å². The minimum atomic E-state index is 0.707. The lowest BCUT2D eigenvalue weighted by Gasteiger charge is -2.26. The zero-order chi connectivity index (χ0) is 13.6. The van der Waals surface area contributed by atoms with Gasteiger partial charge in [-0.1, -0.05) is 0 Å². The lowest BCUT2D eigenvalue weighted by molar-refractivity contribution is 0.122. The highest BCUT2D eigenvalue weighted by Gasteiger charge is 2.13. The fourth-order valence-electron chi connectivity index (χ4n) is 2.11. The predicted octanol–water partition coefficient (Wildman–Crippen LogP) is 1.20. The summed E-state index contributed by atoms with van der Waals surface area (Å²) in [5.74, 6) is 1.71. The van der Waals surface area contributed by atoms with Gasteiger partial charge in [0.25, 0.3) is 0 Å². The maximum absolute atomic E-state index is 5.32. The van der Waals surface area contributed by atoms with Crippen LogP contribution in [0, 0.1) is 0 Å². The van der Waals surface area contributed by atoms with E-state index in [2.05, 4.69) is 20.2 Å². The van der Waals surface area contributed by atoms with E-state index in [4.69, 9.17) is 9.15 Å². The van der Waals surface area contributed by atoms with Gasteiger partial charge in [0.05, 0.1) is 26.0 Å². The van der Waals surface area contributed by atoms with Gasteiger partial charge in [0.15, 0.2) is 0 Å². The van der Waals surface area contributed by atoms with Gasteiger partial charge in [-0.15, -0.1) is 0 Å². The Hall–Kier alpha value is -1.92. The summed E-state index contributed by atoms with van der Waals surface area (Å²) in [4.78, 5) is 11.0. The highest BCUT2D eigenvalue weighted by molar-refractivity contribution is 5.30. The second kappa shape index (κ2) is 6.49. The van der Waals surface area contributed by atoms with E-state index in [0.29, 0.717) is 6.54 Å². The van der Waals surface area contributed by atoms with Crippen LogP contribution < -0.4 is 10.2 Å². The smallest absolute Gasteiger partial charge is 0.225 e. The van der Waals surface area contributed by atoms with Gasteiger partial charge >= 0.3 is 0 Å². The zero-order valence-electron chi connectivity index (χ0n) is 11.3. The standard InChI is InChI=1S/C14H18N4O2/c1-2-13(20-5-1)11-15-8-12-9-16-14(17-10-12)18-3-6-19-7-4-18/h1-2,5,9-10,15H,3-4,6-8,11H2. The fraction of sp³-hybridized carbons (Fsp3) is 0.429. The molecule has 6 heteroatoms. The summed E-state index contributed by atoms with van der Waals surface area (Å²) in [6.07, 6.45) is 5.41. The van der Waals surface area contributed by atoms with Crippen LogP contribution in [0.2, 0.25) is 0 Å². The van der Waals surface area contributed by atoms with E-state index < -0.39 is 0 Å². The molecule has 3 heterocycles. The van der Waals surface area contributed by atoms with Gasteiger partial charge in [0, 0.05) is 37.6 Å². The van der Waals surface area contributed by atoms with Crippen LogP contribution in [0.4, 0.5) is 5.95 Å². The summed E-state index contributed by atoms with van der Waals surface area (Å²) in [7, 11) is 0. The molecule has 0 aromatic carbocycles. The molecule has 0 radical (unpaired) electrons. The van der Waals surface area contributed by atoms with Crippen molar-refractivity contribution >= 4 is 5.95 Å². The quantitative estimate of drug-likeness (QED) is 0.884. The summed E-state index contributed by atoms with van der Waals surface area (Å²) in [5, 5.41) is 3.30. The second-order valence-electron chi connectivity index (χ2n) is 4.67. The topological polar surface area (TPSA) is 63.4 Å². The van der Waals surface area contributed by atoms with Crippen molar-refractivity contribution in [1.82, 2.24) is 15.3 Å². The number of morpholine rings is 1. The summed E-state index contributed by atoms with van der Waals surface area (Å²) >= 11 is 0. The Kier molecular flexibility index (Phi) is 4.25. The Labute approximate surface area is 117 Å². The number of hydrogen-bond acceptors (Lipinski definition) is 6. The third-order valence-corrected chi connectivity index (χ3v) is 3.19. The number of ether oxygens (including phenoxy) is 1. The van der Waals surface area contributed by atoms with Gasteiger partial charge in [-0.3, -0.25) is 0 Å². The second-order valence-corrected chi connectivity index (χ2v) is 4.67. The maximum Gasteiger partial charge on any atom is 0.225 e. The van der Waals surface area contributed by atoms with E-state index >= 15 is 0 Å². The van der Waals surface area contributed by atoms with Crippen LogP contribution in [-0.4, -0.2) is 36.3 Å². The molecule has 1 aliphatic rings. The van der Waals surface area contributed by atoms with Crippen LogP contribution in [0.5, 0.6) is 0 Å². The predicted molar refractivity (Wildman–Crippen MR) is 74.3 cm³/mol. The van der Waals surface area contributed by atoms with Crippen molar-refractivity contribution in [1.29, 1.82) is 0 Å². The molecular formula is C14H18N4O2. The Morgan fingerprint density at radius 2 is 1.95 bits per heavy atom. The van der Waals surface area contributed by atoms with Crippen molar-refractivity contribution in [3.8, 4) is 0 Å². The van der Waals surface area contributed by atoms with E-state index in [1.807, 2.05) is 24.5 Å². The number of hydrogen-bond donors (Lipinski definition) is 1. The molecule has 2 aromatic heterocycles. The van der Waals surface area contributed by atoms with Crippen molar-refractivity contribution in [2.75, 3.05) is 31.2 Å². The molecule has 20 heavy (non-hydrogen) atoms. The van der Waals surface area contributed by atoms with Gasteiger partial charge in [-0.05, 0) is 12.1 Å². The first-order chi connectivity index (χ1) is 9.92. The summed E-state index contributed by atoms with van der Waals surface area (Å²) < 4.78 is 10.6. The minimum absolute atomic E-state index is 0.707. The molecule has 106 valence electrons. The minimum Gasteiger partial charge on any atom is -0.468 e. The third-order valence-electron chi connectivity index (χ3n) is 3.19. The highest BCUT2D eigenvalue weighted by atomic mass is 16.5. The lowest BCUT2D eigenvalue weighted by Crippen LogP contribution is -2.37. The number of anilines is 1. The maximum atomic E-state index is 5.32. The lowest BCUT2D eigenvalue weighted by atomic mass is 10.3. The molecule has 1 fully saturated rings. The first-order valence-corrected chi connectivity index (χ1v) is 6.78. The molecule has 0 saturated carbocycles. The van der Waals surface area contributed by atoms with E-state index in [0.717, 1.165) is 50.1 Å². The van der Waals surface area contributed by atoms with Crippen molar-refractivity contribution in [3.63, 3.8) is 0 Å². The third kappa shape index (κ3) is 3.34. The van der Waals surface area contributed by atoms with Gasteiger partial charge in [0.2, 0.25) is 5.95 Å². The molecular weight excluding hydrogens is 256 g/mol. The van der Waals surface area contributed by atoms with Crippen LogP contribution >= 0.6 is 0 Å². The molecule has 0 bridgehead atoms. The van der Waals surface area contributed by atoms with Gasteiger partial charge in [-0.2, -0.15) is 0 Å². The molecule has 0 amide bonds. The van der Waals surface area contributed by atoms with Crippen LogP contribution in [-0.2, 0) is 17.8 Å². The number of aromatic nitrogens is 2. The van der Waals surface area contributed by atoms with E-state index in [9.17, 15) is 0 Å². The first kappa shape index (κ1) is 13.1. The molecule has 0 spiro atoms. The number of nitrogens with zero attached hydrogens (tertiary/aromatic N) is 3. The Morgan fingerprint density at radius 1 is 1.15 bits per heavy atom. The molecule has 1 saturated heterocycles. The molecule has 0 unspecified atom stereocenters. The Bertz CT molecular complexity index is 506. The molecule has 1 aliphatic heterocycles. The molecule has 6 nitrogen and oxygen atoms in total. The molecule has 0 atom stereocenters. The highest BCUT2D eigenvalue weighted by Crippen LogP contribution is 2.09. The number of furan rings is 1. The Morgan fingerprint density at radius 3 is 2.65 bits per heavy atom. The van der Waals surface area contributed by atoms with Crippen molar-refractivity contribution in [2.24, 2.45) is 0 Å². The summed E-state index contributed by atoms with van der Waals surface area (Å²) in [5.41, 5.74) is 1.06. The average Bonchev–Trinajstić information content (AvgIpc) is 3.02. The summed E-state index contributed by atoms with van der Waals surface area (Å²) in [6, 6.07) is 3.84. The van der Waals surface area contributed by atoms with Gasteiger partial charge in [-0.25, -0.2) is 9.97 Å². The molecule has 0 aliphatic carbocycles. The van der Waals surface area contributed by atoms with Gasteiger partial charge < -0.3 is 19.4 Å². The van der Waals surface area contributed by atoms with Crippen LogP contribution in [0.25, 0.3) is 0 Å². The van der Waals surface area contributed by atoms with Crippen LogP contribution in [0.1, 0.15) is 11.3 Å². The van der Waals surface area contributed by atoms with E-state index in [-0.39, 0.29) is 0 Å². The number of nitrogens with one attached hydrogen (secondary N) is 1. The number of rotatable bonds is 5. The molecule has 2 aromatic rings. The molecule has 3 rings (SSSR count). The normalized spacial score (nSPS) is 15.5. The SMILES string of the molecule is c1coc(CNCc2cnc(N3CCOCC3)nc2)c1. The fourth-order valence-corrected chi connectivity index (χ4v) is 2.11. The zero-order valence-corrected chi connectivity index (χ0v) is 11.3. The van der Waals surface area contributed by atoms with Crippen molar-refractivity contribution < 1.29 is 9.15 Å².